The van der Waals surface area contributed by atoms with Gasteiger partial charge in [0.1, 0.15) is 23.2 Å². The molecule has 0 bridgehead atoms. The first kappa shape index (κ1) is 26.1. The predicted octanol–water partition coefficient (Wildman–Crippen LogP) is 4.31. The van der Waals surface area contributed by atoms with Crippen molar-refractivity contribution in [2.24, 2.45) is 5.73 Å². The third-order valence-corrected chi connectivity index (χ3v) is 8.21. The van der Waals surface area contributed by atoms with Crippen LogP contribution in [0.1, 0.15) is 53.9 Å². The normalized spacial score (nSPS) is 17.7. The number of hydrogen-bond acceptors (Lipinski definition) is 8. The number of nitrogens with zero attached hydrogens (tertiary/aromatic N) is 2. The number of benzene rings is 1. The molecule has 9 nitrogen and oxygen atoms in total. The van der Waals surface area contributed by atoms with Gasteiger partial charge in [0, 0.05) is 30.1 Å². The van der Waals surface area contributed by atoms with Crippen LogP contribution in [0, 0.1) is 5.82 Å². The summed E-state index contributed by atoms with van der Waals surface area (Å²) in [6.07, 6.45) is 1.02. The number of piperidine rings is 1. The van der Waals surface area contributed by atoms with Gasteiger partial charge in [-0.1, -0.05) is 25.1 Å². The van der Waals surface area contributed by atoms with Crippen LogP contribution in [0.3, 0.4) is 0 Å². The van der Waals surface area contributed by atoms with E-state index in [9.17, 15) is 19.1 Å². The van der Waals surface area contributed by atoms with Gasteiger partial charge in [-0.15, -0.1) is 11.3 Å². The van der Waals surface area contributed by atoms with Gasteiger partial charge in [-0.05, 0) is 49.1 Å². The molecule has 2 saturated heterocycles. The summed E-state index contributed by atoms with van der Waals surface area (Å²) < 4.78 is 20.0. The number of amides is 2. The maximum atomic E-state index is 14.9. The Bertz CT molecular complexity index is 1350. The van der Waals surface area contributed by atoms with E-state index in [1.54, 1.807) is 24.3 Å². The molecular weight excluding hydrogens is 509 g/mol. The minimum atomic E-state index is -0.734. The molecule has 0 saturated carbocycles. The minimum absolute atomic E-state index is 0.247. The number of primary amides is 1. The Morgan fingerprint density at radius 1 is 1.32 bits per heavy atom. The van der Waals surface area contributed by atoms with E-state index >= 15 is 0 Å². The lowest BCUT2D eigenvalue weighted by molar-refractivity contribution is 0.100. The van der Waals surface area contributed by atoms with E-state index in [1.165, 1.54) is 17.4 Å². The average Bonchev–Trinajstić information content (AvgIpc) is 3.48. The average molecular weight is 540 g/mol. The van der Waals surface area contributed by atoms with Gasteiger partial charge in [0.25, 0.3) is 5.91 Å². The second kappa shape index (κ2) is 10.7. The summed E-state index contributed by atoms with van der Waals surface area (Å²) in [5.41, 5.74) is 7.30. The Labute approximate surface area is 223 Å². The van der Waals surface area contributed by atoms with Crippen LogP contribution in [-0.2, 0) is 11.3 Å². The number of pyridine rings is 1. The molecule has 4 heterocycles. The van der Waals surface area contributed by atoms with Crippen LogP contribution in [0.25, 0.3) is 10.4 Å². The number of likely N-dealkylation sites (tertiary alicyclic amines) is 1. The largest absolute Gasteiger partial charge is 0.447 e. The summed E-state index contributed by atoms with van der Waals surface area (Å²) in [5, 5.41) is 16.6. The molecule has 0 radical (unpaired) electrons. The summed E-state index contributed by atoms with van der Waals surface area (Å²) in [6, 6.07) is 11.8. The van der Waals surface area contributed by atoms with Crippen LogP contribution in [0.4, 0.5) is 20.0 Å². The first-order valence-electron chi connectivity index (χ1n) is 12.6. The Balaban J connectivity index is 1.30. The zero-order chi connectivity index (χ0) is 26.9. The molecule has 1 unspecified atom stereocenters. The third kappa shape index (κ3) is 5.50. The van der Waals surface area contributed by atoms with Crippen molar-refractivity contribution in [3.63, 3.8) is 0 Å². The monoisotopic (exact) mass is 539 g/mol. The quantitative estimate of drug-likeness (QED) is 0.336. The molecule has 2 aromatic heterocycles. The number of aliphatic hydroxyl groups excluding tert-OH is 1. The zero-order valence-corrected chi connectivity index (χ0v) is 21.8. The van der Waals surface area contributed by atoms with Gasteiger partial charge in [-0.25, -0.2) is 14.2 Å². The first-order valence-corrected chi connectivity index (χ1v) is 13.4. The zero-order valence-electron chi connectivity index (χ0n) is 21.0. The number of hydrogen-bond donors (Lipinski definition) is 4. The topological polar surface area (TPSA) is 130 Å². The highest BCUT2D eigenvalue weighted by molar-refractivity contribution is 7.20. The van der Waals surface area contributed by atoms with Gasteiger partial charge in [-0.2, -0.15) is 0 Å². The molecule has 2 aliphatic rings. The summed E-state index contributed by atoms with van der Waals surface area (Å²) in [6.45, 7) is 4.49. The fourth-order valence-electron chi connectivity index (χ4n) is 4.86. The van der Waals surface area contributed by atoms with Crippen molar-refractivity contribution < 1.29 is 23.8 Å². The lowest BCUT2D eigenvalue weighted by Crippen LogP contribution is -2.52. The van der Waals surface area contributed by atoms with Crippen LogP contribution in [0.15, 0.2) is 42.5 Å². The summed E-state index contributed by atoms with van der Waals surface area (Å²) in [4.78, 5) is 31.2. The van der Waals surface area contributed by atoms with E-state index < -0.39 is 17.8 Å². The highest BCUT2D eigenvalue weighted by Crippen LogP contribution is 2.38. The van der Waals surface area contributed by atoms with Gasteiger partial charge in [0.05, 0.1) is 22.9 Å². The van der Waals surface area contributed by atoms with E-state index in [1.807, 2.05) is 19.1 Å². The number of carbonyl (C=O) groups is 2. The van der Waals surface area contributed by atoms with Gasteiger partial charge in [0.2, 0.25) is 0 Å². The molecule has 2 fully saturated rings. The van der Waals surface area contributed by atoms with Crippen molar-refractivity contribution in [3.05, 3.63) is 65.1 Å². The van der Waals surface area contributed by atoms with Gasteiger partial charge in [0.15, 0.2) is 0 Å². The number of thiophene rings is 1. The van der Waals surface area contributed by atoms with Crippen LogP contribution in [0.5, 0.6) is 0 Å². The molecule has 3 aromatic rings. The van der Waals surface area contributed by atoms with Crippen molar-refractivity contribution in [3.8, 4) is 10.4 Å². The number of anilines is 2. The molecular formula is C27H30FN5O4S. The molecule has 1 spiro atoms. The molecule has 5 N–H and O–H groups in total. The number of carbonyl (C=O) groups excluding carboxylic acids is 2. The molecule has 5 rings (SSSR count). The van der Waals surface area contributed by atoms with Crippen molar-refractivity contribution in [2.75, 3.05) is 25.0 Å². The maximum absolute atomic E-state index is 14.9. The molecule has 0 aliphatic carbocycles. The van der Waals surface area contributed by atoms with Crippen molar-refractivity contribution in [1.29, 1.82) is 0 Å². The van der Waals surface area contributed by atoms with Gasteiger partial charge in [-0.3, -0.25) is 9.69 Å². The molecule has 2 aliphatic heterocycles. The predicted molar refractivity (Wildman–Crippen MR) is 143 cm³/mol. The Morgan fingerprint density at radius 2 is 2.11 bits per heavy atom. The molecule has 2 amide bonds. The van der Waals surface area contributed by atoms with E-state index in [4.69, 9.17) is 15.5 Å². The molecule has 1 aromatic carbocycles. The van der Waals surface area contributed by atoms with E-state index in [-0.39, 0.29) is 17.2 Å². The number of ether oxygens (including phenoxy) is 1. The standard InChI is InChI=1S/C27H30FN5O4S/c1-2-21(34)16-6-7-18(20(28)12-16)22-13-19(24(29)35)25(38-22)31-23-5-3-4-17(30-23)14-33-10-8-27(9-11-33)15-37-26(36)32-27/h3-7,12-13,21,34H,2,8-11,14-15H2,1H3,(H2,29,35)(H,30,31)(H,32,36). The van der Waals surface area contributed by atoms with E-state index in [0.717, 1.165) is 31.6 Å². The number of alkyl carbamates (subject to hydrolysis) is 1. The number of aliphatic hydroxyl groups is 1. The second-order valence-corrected chi connectivity index (χ2v) is 10.8. The van der Waals surface area contributed by atoms with Crippen LogP contribution >= 0.6 is 11.3 Å². The lowest BCUT2D eigenvalue weighted by Gasteiger charge is -2.37. The second-order valence-electron chi connectivity index (χ2n) is 9.78. The third-order valence-electron chi connectivity index (χ3n) is 7.12. The summed E-state index contributed by atoms with van der Waals surface area (Å²) in [5.74, 6) is -0.564. The molecule has 1 atom stereocenters. The number of nitrogens with one attached hydrogen (secondary N) is 2. The van der Waals surface area contributed by atoms with Crippen molar-refractivity contribution >= 4 is 34.2 Å². The van der Waals surface area contributed by atoms with Gasteiger partial charge >= 0.3 is 6.09 Å². The van der Waals surface area contributed by atoms with Crippen LogP contribution < -0.4 is 16.4 Å². The smallest absolute Gasteiger partial charge is 0.407 e. The van der Waals surface area contributed by atoms with Gasteiger partial charge < -0.3 is 26.2 Å². The number of cyclic esters (lactones) is 1. The van der Waals surface area contributed by atoms with Crippen LogP contribution in [0.2, 0.25) is 0 Å². The molecule has 11 heteroatoms. The molecule has 200 valence electrons. The number of rotatable bonds is 8. The molecule has 38 heavy (non-hydrogen) atoms. The van der Waals surface area contributed by atoms with E-state index in [0.29, 0.717) is 46.4 Å². The summed E-state index contributed by atoms with van der Waals surface area (Å²) >= 11 is 1.21. The highest BCUT2D eigenvalue weighted by atomic mass is 32.1. The fourth-order valence-corrected chi connectivity index (χ4v) is 5.95. The lowest BCUT2D eigenvalue weighted by atomic mass is 9.89. The van der Waals surface area contributed by atoms with Crippen molar-refractivity contribution in [2.45, 2.75) is 44.4 Å². The summed E-state index contributed by atoms with van der Waals surface area (Å²) in [7, 11) is 0. The number of halogens is 1. The first-order chi connectivity index (χ1) is 18.2. The fraction of sp³-hybridized carbons (Fsp3) is 0.370. The maximum Gasteiger partial charge on any atom is 0.407 e. The van der Waals surface area contributed by atoms with Crippen LogP contribution in [-0.4, -0.2) is 52.2 Å². The Hall–Kier alpha value is -3.54. The number of nitrogens with two attached hydrogens (primary N) is 1. The Kier molecular flexibility index (Phi) is 7.33. The SMILES string of the molecule is CCC(O)c1ccc(-c2cc(C(N)=O)c(Nc3cccc(CN4CCC5(CC4)COC(=O)N5)n3)s2)c(F)c1. The van der Waals surface area contributed by atoms with E-state index in [2.05, 4.69) is 15.5 Å². The highest BCUT2D eigenvalue weighted by Gasteiger charge is 2.41. The Morgan fingerprint density at radius 3 is 2.76 bits per heavy atom. The minimum Gasteiger partial charge on any atom is -0.447 e. The van der Waals surface area contributed by atoms with Crippen molar-refractivity contribution in [1.82, 2.24) is 15.2 Å². The number of aromatic nitrogens is 1.